The molecule has 0 bridgehead atoms. The van der Waals surface area contributed by atoms with E-state index in [9.17, 15) is 13.2 Å². The first-order valence-corrected chi connectivity index (χ1v) is 5.96. The summed E-state index contributed by atoms with van der Waals surface area (Å²) >= 11 is 0. The third kappa shape index (κ3) is 1.34. The summed E-state index contributed by atoms with van der Waals surface area (Å²) in [5, 5.41) is 0. The highest BCUT2D eigenvalue weighted by molar-refractivity contribution is 7.87. The number of rotatable bonds is 1. The van der Waals surface area contributed by atoms with Crippen LogP contribution in [0, 0.1) is 0 Å². The van der Waals surface area contributed by atoms with Crippen LogP contribution in [-0.2, 0) is 29.4 Å². The number of ether oxygens (including phenoxy) is 1. The Morgan fingerprint density at radius 3 is 2.62 bits per heavy atom. The molecule has 16 heavy (non-hydrogen) atoms. The Kier molecular flexibility index (Phi) is 2.28. The van der Waals surface area contributed by atoms with Gasteiger partial charge in [0, 0.05) is 5.56 Å². The summed E-state index contributed by atoms with van der Waals surface area (Å²) in [5.74, 6) is -0.735. The smallest absolute Gasteiger partial charge is 0.344 e. The molecule has 1 heterocycles. The normalized spacial score (nSPS) is 26.1. The summed E-state index contributed by atoms with van der Waals surface area (Å²) < 4.78 is 32.7. The van der Waals surface area contributed by atoms with Crippen LogP contribution in [0.25, 0.3) is 0 Å². The molecule has 0 spiro atoms. The molecule has 1 aliphatic rings. The van der Waals surface area contributed by atoms with Gasteiger partial charge in [-0.3, -0.25) is 0 Å². The number of hydrogen-bond acceptors (Lipinski definition) is 5. The van der Waals surface area contributed by atoms with Crippen molar-refractivity contribution in [2.45, 2.75) is 17.4 Å². The van der Waals surface area contributed by atoms with Gasteiger partial charge in [-0.1, -0.05) is 18.2 Å². The van der Waals surface area contributed by atoms with Crippen LogP contribution in [-0.4, -0.2) is 21.5 Å². The summed E-state index contributed by atoms with van der Waals surface area (Å²) in [5.41, 5.74) is -1.27. The number of esters is 1. The van der Waals surface area contributed by atoms with Crippen molar-refractivity contribution in [2.75, 3.05) is 7.11 Å². The lowest BCUT2D eigenvalue weighted by atomic mass is 9.96. The lowest BCUT2D eigenvalue weighted by Crippen LogP contribution is -2.33. The fourth-order valence-corrected chi connectivity index (χ4v) is 3.19. The van der Waals surface area contributed by atoms with E-state index in [1.807, 2.05) is 0 Å². The van der Waals surface area contributed by atoms with Gasteiger partial charge in [-0.2, -0.15) is 8.42 Å². The zero-order valence-electron chi connectivity index (χ0n) is 8.76. The Hall–Kier alpha value is -1.40. The highest BCUT2D eigenvalue weighted by Crippen LogP contribution is 2.41. The highest BCUT2D eigenvalue weighted by atomic mass is 32.2. The first kappa shape index (κ1) is 11.1. The van der Waals surface area contributed by atoms with Crippen LogP contribution >= 0.6 is 0 Å². The zero-order valence-corrected chi connectivity index (χ0v) is 9.58. The van der Waals surface area contributed by atoms with Gasteiger partial charge < -0.3 is 4.74 Å². The van der Waals surface area contributed by atoms with Gasteiger partial charge in [0.15, 0.2) is 0 Å². The Morgan fingerprint density at radius 2 is 2.00 bits per heavy atom. The maximum atomic E-state index is 11.7. The molecule has 0 unspecified atom stereocenters. The van der Waals surface area contributed by atoms with Gasteiger partial charge in [-0.05, 0) is 13.0 Å². The van der Waals surface area contributed by atoms with Crippen molar-refractivity contribution in [2.24, 2.45) is 0 Å². The first-order chi connectivity index (χ1) is 7.42. The van der Waals surface area contributed by atoms with Crippen LogP contribution in [0.2, 0.25) is 0 Å². The number of carbonyl (C=O) groups is 1. The number of fused-ring (bicyclic) bond motifs is 1. The zero-order chi connectivity index (χ0) is 12.0. The molecule has 0 radical (unpaired) electrons. The second-order valence-electron chi connectivity index (χ2n) is 3.56. The number of carbonyl (C=O) groups excluding carboxylic acids is 1. The standard InChI is InChI=1S/C10H10O5S/c1-10(9(11)14-2)7-5-3-4-6-8(7)16(12,13)15-10/h3-6H,1-2H3/t10-/m0/s1. The molecule has 1 aliphatic heterocycles. The summed E-state index contributed by atoms with van der Waals surface area (Å²) in [7, 11) is -2.68. The maximum absolute atomic E-state index is 11.7. The van der Waals surface area contributed by atoms with E-state index in [0.29, 0.717) is 5.56 Å². The van der Waals surface area contributed by atoms with Crippen LogP contribution in [0.4, 0.5) is 0 Å². The lowest BCUT2D eigenvalue weighted by molar-refractivity contribution is -0.157. The summed E-state index contributed by atoms with van der Waals surface area (Å²) in [6, 6.07) is 6.16. The van der Waals surface area contributed by atoms with E-state index in [2.05, 4.69) is 4.74 Å². The summed E-state index contributed by atoms with van der Waals surface area (Å²) in [6.07, 6.45) is 0. The second kappa shape index (κ2) is 3.29. The molecule has 0 amide bonds. The fraction of sp³-hybridized carbons (Fsp3) is 0.300. The van der Waals surface area contributed by atoms with Crippen molar-refractivity contribution in [1.82, 2.24) is 0 Å². The largest absolute Gasteiger partial charge is 0.467 e. The molecule has 0 N–H and O–H groups in total. The van der Waals surface area contributed by atoms with Gasteiger partial charge in [0.25, 0.3) is 10.1 Å². The SMILES string of the molecule is COC(=O)[C@@]1(C)OS(=O)(=O)c2ccccc21. The molecule has 1 atom stereocenters. The molecular weight excluding hydrogens is 232 g/mol. The molecule has 0 aromatic heterocycles. The third-order valence-corrected chi connectivity index (χ3v) is 3.97. The average Bonchev–Trinajstić information content (AvgIpc) is 2.47. The van der Waals surface area contributed by atoms with Crippen LogP contribution in [0.5, 0.6) is 0 Å². The van der Waals surface area contributed by atoms with Crippen molar-refractivity contribution in [1.29, 1.82) is 0 Å². The predicted molar refractivity (Wildman–Crippen MR) is 54.1 cm³/mol. The fourth-order valence-electron chi connectivity index (χ4n) is 1.73. The maximum Gasteiger partial charge on any atom is 0.344 e. The molecule has 0 aliphatic carbocycles. The van der Waals surface area contributed by atoms with E-state index in [4.69, 9.17) is 4.18 Å². The topological polar surface area (TPSA) is 69.7 Å². The van der Waals surface area contributed by atoms with E-state index in [-0.39, 0.29) is 4.90 Å². The molecular formula is C10H10O5S. The van der Waals surface area contributed by atoms with Crippen molar-refractivity contribution in [3.05, 3.63) is 29.8 Å². The molecule has 0 saturated heterocycles. The molecule has 6 heteroatoms. The first-order valence-electron chi connectivity index (χ1n) is 4.55. The molecule has 0 saturated carbocycles. The van der Waals surface area contributed by atoms with Gasteiger partial charge in [0.2, 0.25) is 5.60 Å². The minimum Gasteiger partial charge on any atom is -0.467 e. The Balaban J connectivity index is 2.70. The Labute approximate surface area is 93.1 Å². The molecule has 0 fully saturated rings. The molecule has 1 aromatic carbocycles. The summed E-state index contributed by atoms with van der Waals surface area (Å²) in [4.78, 5) is 11.6. The van der Waals surface area contributed by atoms with Crippen LogP contribution in [0.1, 0.15) is 12.5 Å². The average molecular weight is 242 g/mol. The number of methoxy groups -OCH3 is 1. The van der Waals surface area contributed by atoms with Gasteiger partial charge >= 0.3 is 5.97 Å². The van der Waals surface area contributed by atoms with Crippen LogP contribution in [0.3, 0.4) is 0 Å². The van der Waals surface area contributed by atoms with Gasteiger partial charge in [-0.25, -0.2) is 8.98 Å². The van der Waals surface area contributed by atoms with E-state index in [0.717, 1.165) is 0 Å². The quantitative estimate of drug-likeness (QED) is 0.538. The monoisotopic (exact) mass is 242 g/mol. The molecule has 86 valence electrons. The minimum atomic E-state index is -3.87. The van der Waals surface area contributed by atoms with Gasteiger partial charge in [-0.15, -0.1) is 0 Å². The summed E-state index contributed by atoms with van der Waals surface area (Å²) in [6.45, 7) is 1.38. The number of hydrogen-bond donors (Lipinski definition) is 0. The minimum absolute atomic E-state index is 0.0166. The number of benzene rings is 1. The van der Waals surface area contributed by atoms with Crippen molar-refractivity contribution in [3.8, 4) is 0 Å². The van der Waals surface area contributed by atoms with E-state index in [1.165, 1.54) is 26.2 Å². The second-order valence-corrected chi connectivity index (χ2v) is 5.07. The lowest BCUT2D eigenvalue weighted by Gasteiger charge is -2.18. The Bertz CT molecular complexity index is 548. The molecule has 1 aromatic rings. The predicted octanol–water partition coefficient (Wildman–Crippen LogP) is 0.794. The van der Waals surface area contributed by atoms with E-state index in [1.54, 1.807) is 12.1 Å². The van der Waals surface area contributed by atoms with Crippen LogP contribution < -0.4 is 0 Å². The van der Waals surface area contributed by atoms with Gasteiger partial charge in [0.1, 0.15) is 4.90 Å². The van der Waals surface area contributed by atoms with Gasteiger partial charge in [0.05, 0.1) is 7.11 Å². The van der Waals surface area contributed by atoms with E-state index >= 15 is 0 Å². The van der Waals surface area contributed by atoms with Crippen molar-refractivity contribution in [3.63, 3.8) is 0 Å². The Morgan fingerprint density at radius 1 is 1.38 bits per heavy atom. The molecule has 5 nitrogen and oxygen atoms in total. The third-order valence-electron chi connectivity index (χ3n) is 2.52. The van der Waals surface area contributed by atoms with Crippen LogP contribution in [0.15, 0.2) is 29.2 Å². The molecule has 2 rings (SSSR count). The van der Waals surface area contributed by atoms with Crippen molar-refractivity contribution >= 4 is 16.1 Å². The van der Waals surface area contributed by atoms with E-state index < -0.39 is 21.7 Å². The highest BCUT2D eigenvalue weighted by Gasteiger charge is 2.51. The van der Waals surface area contributed by atoms with Crippen molar-refractivity contribution < 1.29 is 22.1 Å².